The number of rotatable bonds is 8. The first kappa shape index (κ1) is 24.0. The van der Waals surface area contributed by atoms with E-state index in [4.69, 9.17) is 9.72 Å². The quantitative estimate of drug-likeness (QED) is 0.328. The van der Waals surface area contributed by atoms with Gasteiger partial charge in [0.15, 0.2) is 17.1 Å². The molecule has 0 saturated heterocycles. The number of benzene rings is 1. The first-order chi connectivity index (χ1) is 18.0. The van der Waals surface area contributed by atoms with E-state index in [1.165, 1.54) is 19.6 Å². The maximum atomic E-state index is 13.2. The number of imidazole rings is 1. The molecule has 0 aliphatic rings. The van der Waals surface area contributed by atoms with Crippen molar-refractivity contribution in [2.24, 2.45) is 0 Å². The van der Waals surface area contributed by atoms with Gasteiger partial charge in [0.25, 0.3) is 5.91 Å². The number of hydrogen-bond acceptors (Lipinski definition) is 9. The van der Waals surface area contributed by atoms with Crippen LogP contribution in [0.3, 0.4) is 0 Å². The predicted molar refractivity (Wildman–Crippen MR) is 134 cm³/mol. The Bertz CT molecular complexity index is 1510. The van der Waals surface area contributed by atoms with Crippen LogP contribution in [-0.4, -0.2) is 57.6 Å². The van der Waals surface area contributed by atoms with Crippen molar-refractivity contribution in [3.63, 3.8) is 0 Å². The number of aromatic nitrogens is 8. The van der Waals surface area contributed by atoms with E-state index in [1.54, 1.807) is 39.6 Å². The summed E-state index contributed by atoms with van der Waals surface area (Å²) in [5, 5.41) is 27.3. The van der Waals surface area contributed by atoms with Gasteiger partial charge in [-0.05, 0) is 37.6 Å². The number of aryl methyl sites for hydroxylation is 2. The van der Waals surface area contributed by atoms with E-state index in [0.717, 1.165) is 0 Å². The number of methoxy groups -OCH3 is 1. The molecule has 1 aromatic carbocycles. The van der Waals surface area contributed by atoms with Gasteiger partial charge in [0.05, 0.1) is 12.6 Å². The Morgan fingerprint density at radius 3 is 2.57 bits per heavy atom. The van der Waals surface area contributed by atoms with Crippen LogP contribution in [0.15, 0.2) is 61.1 Å². The normalized spacial score (nSPS) is 12.9. The van der Waals surface area contributed by atoms with Gasteiger partial charge in [-0.2, -0.15) is 15.2 Å². The number of nitrogens with zero attached hydrogens (tertiary/aromatic N) is 8. The fourth-order valence-corrected chi connectivity index (χ4v) is 4.19. The molecule has 12 nitrogen and oxygen atoms in total. The standard InChI is InChI=1S/C25H25N9O3/c1-4-33-15-26-24(32-33)30-21(35)17-14-18-20(28-22(17)37-3)29-23(34(18)5-2)25(36,16-10-7-6-8-11-16)19-12-9-13-27-31-19/h6-15,36H,4-5H2,1-3H3,(H,30,32,35). The Balaban J connectivity index is 1.68. The lowest BCUT2D eigenvalue weighted by molar-refractivity contribution is 0.102. The summed E-state index contributed by atoms with van der Waals surface area (Å²) in [6.07, 6.45) is 3.07. The zero-order chi connectivity index (χ0) is 26.0. The number of hydrogen-bond donors (Lipinski definition) is 2. The molecule has 5 aromatic rings. The van der Waals surface area contributed by atoms with Crippen LogP contribution in [0.2, 0.25) is 0 Å². The Labute approximate surface area is 212 Å². The molecule has 0 fully saturated rings. The van der Waals surface area contributed by atoms with Crippen molar-refractivity contribution in [1.82, 2.24) is 39.5 Å². The fourth-order valence-electron chi connectivity index (χ4n) is 4.19. The minimum atomic E-state index is -1.74. The van der Waals surface area contributed by atoms with Crippen LogP contribution < -0.4 is 10.1 Å². The van der Waals surface area contributed by atoms with Gasteiger partial charge in [-0.15, -0.1) is 5.10 Å². The first-order valence-corrected chi connectivity index (χ1v) is 11.7. The van der Waals surface area contributed by atoms with E-state index in [0.29, 0.717) is 35.5 Å². The molecule has 0 bridgehead atoms. The van der Waals surface area contributed by atoms with Crippen LogP contribution in [0.1, 0.15) is 41.3 Å². The molecule has 0 radical (unpaired) electrons. The molecule has 0 aliphatic carbocycles. The van der Waals surface area contributed by atoms with Crippen molar-refractivity contribution in [3.8, 4) is 5.88 Å². The molecule has 0 saturated carbocycles. The summed E-state index contributed by atoms with van der Waals surface area (Å²) >= 11 is 0. The SMILES string of the molecule is CCn1cnc(NC(=O)c2cc3c(nc2OC)nc(C(O)(c2ccccc2)c2cccnn2)n3CC)n1. The maximum absolute atomic E-state index is 13.2. The zero-order valence-electron chi connectivity index (χ0n) is 20.5. The van der Waals surface area contributed by atoms with Gasteiger partial charge in [0.1, 0.15) is 17.6 Å². The molecule has 1 unspecified atom stereocenters. The van der Waals surface area contributed by atoms with Gasteiger partial charge in [-0.25, -0.2) is 9.97 Å². The van der Waals surface area contributed by atoms with Gasteiger partial charge in [0, 0.05) is 19.3 Å². The number of amides is 1. The highest BCUT2D eigenvalue weighted by Gasteiger charge is 2.41. The van der Waals surface area contributed by atoms with Gasteiger partial charge in [0.2, 0.25) is 11.8 Å². The third-order valence-electron chi connectivity index (χ3n) is 6.00. The van der Waals surface area contributed by atoms with Crippen molar-refractivity contribution in [2.75, 3.05) is 12.4 Å². The fraction of sp³-hybridized carbons (Fsp3) is 0.240. The number of aliphatic hydroxyl groups is 1. The minimum Gasteiger partial charge on any atom is -0.480 e. The van der Waals surface area contributed by atoms with Gasteiger partial charge < -0.3 is 14.4 Å². The highest BCUT2D eigenvalue weighted by Crippen LogP contribution is 2.37. The second-order valence-electron chi connectivity index (χ2n) is 8.13. The average Bonchev–Trinajstić information content (AvgIpc) is 3.56. The average molecular weight is 500 g/mol. The smallest absolute Gasteiger partial charge is 0.263 e. The summed E-state index contributed by atoms with van der Waals surface area (Å²) in [5.41, 5.74) is 0.132. The molecule has 4 heterocycles. The van der Waals surface area contributed by atoms with Crippen LogP contribution in [0.25, 0.3) is 11.2 Å². The van der Waals surface area contributed by atoms with E-state index in [-0.39, 0.29) is 23.2 Å². The molecule has 5 rings (SSSR count). The number of nitrogens with one attached hydrogen (secondary N) is 1. The van der Waals surface area contributed by atoms with Crippen molar-refractivity contribution in [2.45, 2.75) is 32.5 Å². The molecule has 4 aromatic heterocycles. The lowest BCUT2D eigenvalue weighted by Crippen LogP contribution is -2.33. The lowest BCUT2D eigenvalue weighted by atomic mass is 9.89. The molecule has 188 valence electrons. The molecular weight excluding hydrogens is 474 g/mol. The Kier molecular flexibility index (Phi) is 6.32. The summed E-state index contributed by atoms with van der Waals surface area (Å²) in [4.78, 5) is 26.5. The zero-order valence-corrected chi connectivity index (χ0v) is 20.5. The van der Waals surface area contributed by atoms with Gasteiger partial charge >= 0.3 is 0 Å². The summed E-state index contributed by atoms with van der Waals surface area (Å²) in [5.74, 6) is 0.0414. The largest absolute Gasteiger partial charge is 0.480 e. The molecule has 12 heteroatoms. The minimum absolute atomic E-state index is 0.0787. The number of carbonyl (C=O) groups excluding carboxylic acids is 1. The summed E-state index contributed by atoms with van der Waals surface area (Å²) in [6, 6.07) is 14.1. The number of pyridine rings is 1. The topological polar surface area (TPSA) is 146 Å². The number of ether oxygens (including phenoxy) is 1. The molecule has 1 atom stereocenters. The van der Waals surface area contributed by atoms with E-state index < -0.39 is 11.5 Å². The maximum Gasteiger partial charge on any atom is 0.263 e. The molecule has 2 N–H and O–H groups in total. The highest BCUT2D eigenvalue weighted by atomic mass is 16.5. The van der Waals surface area contributed by atoms with E-state index in [1.807, 2.05) is 32.0 Å². The van der Waals surface area contributed by atoms with Crippen LogP contribution >= 0.6 is 0 Å². The Morgan fingerprint density at radius 1 is 1.11 bits per heavy atom. The van der Waals surface area contributed by atoms with Crippen LogP contribution in [0, 0.1) is 0 Å². The van der Waals surface area contributed by atoms with Crippen LogP contribution in [0.4, 0.5) is 5.95 Å². The van der Waals surface area contributed by atoms with E-state index >= 15 is 0 Å². The molecular formula is C25H25N9O3. The molecule has 1 amide bonds. The van der Waals surface area contributed by atoms with E-state index in [9.17, 15) is 9.90 Å². The molecule has 0 aliphatic heterocycles. The molecule has 0 spiro atoms. The number of fused-ring (bicyclic) bond motifs is 1. The number of carbonyl (C=O) groups is 1. The second-order valence-corrected chi connectivity index (χ2v) is 8.13. The second kappa shape index (κ2) is 9.74. The Morgan fingerprint density at radius 2 is 1.92 bits per heavy atom. The van der Waals surface area contributed by atoms with Crippen molar-refractivity contribution in [1.29, 1.82) is 0 Å². The third-order valence-corrected chi connectivity index (χ3v) is 6.00. The van der Waals surface area contributed by atoms with Gasteiger partial charge in [-0.3, -0.25) is 14.8 Å². The highest BCUT2D eigenvalue weighted by molar-refractivity contribution is 6.06. The van der Waals surface area contributed by atoms with Crippen LogP contribution in [-0.2, 0) is 18.7 Å². The predicted octanol–water partition coefficient (Wildman–Crippen LogP) is 2.40. The summed E-state index contributed by atoms with van der Waals surface area (Å²) < 4.78 is 8.82. The lowest BCUT2D eigenvalue weighted by Gasteiger charge is -2.27. The summed E-state index contributed by atoms with van der Waals surface area (Å²) in [6.45, 7) is 4.88. The molecule has 37 heavy (non-hydrogen) atoms. The first-order valence-electron chi connectivity index (χ1n) is 11.7. The van der Waals surface area contributed by atoms with Gasteiger partial charge in [-0.1, -0.05) is 30.3 Å². The monoisotopic (exact) mass is 499 g/mol. The van der Waals surface area contributed by atoms with Crippen molar-refractivity contribution in [3.05, 3.63) is 83.7 Å². The van der Waals surface area contributed by atoms with Crippen LogP contribution in [0.5, 0.6) is 5.88 Å². The van der Waals surface area contributed by atoms with Crippen molar-refractivity contribution >= 4 is 23.0 Å². The summed E-state index contributed by atoms with van der Waals surface area (Å²) in [7, 11) is 1.42. The number of anilines is 1. The van der Waals surface area contributed by atoms with Crippen molar-refractivity contribution < 1.29 is 14.6 Å². The third kappa shape index (κ3) is 4.16. The Hall–Kier alpha value is -4.71. The van der Waals surface area contributed by atoms with E-state index in [2.05, 4.69) is 30.6 Å².